The number of aromatic amines is 2. The third-order valence-corrected chi connectivity index (χ3v) is 13.0. The molecule has 10 rings (SSSR count). The quantitative estimate of drug-likeness (QED) is 0.0994. The van der Waals surface area contributed by atoms with E-state index in [-0.39, 0.29) is 18.2 Å². The zero-order valence-corrected chi connectivity index (χ0v) is 41.6. The van der Waals surface area contributed by atoms with Gasteiger partial charge in [0.25, 0.3) is 12.0 Å². The van der Waals surface area contributed by atoms with Gasteiger partial charge >= 0.3 is 11.4 Å². The summed E-state index contributed by atoms with van der Waals surface area (Å²) in [5.41, 5.74) is 8.37. The van der Waals surface area contributed by atoms with E-state index in [0.29, 0.717) is 52.1 Å². The molecule has 4 aliphatic rings. The number of likely N-dealkylation sites (tertiary alicyclic amines) is 1. The summed E-state index contributed by atoms with van der Waals surface area (Å²) in [7, 11) is 6.72. The van der Waals surface area contributed by atoms with Gasteiger partial charge in [-0.25, -0.2) is 14.8 Å². The molecule has 0 radical (unpaired) electrons. The molecule has 69 heavy (non-hydrogen) atoms. The van der Waals surface area contributed by atoms with Crippen LogP contribution in [-0.2, 0) is 9.47 Å². The number of imidazole rings is 2. The standard InChI is InChI=1S/C24H29ClN6O3.C21H24ClN5O2.C3H6ClNO/c1-29(2)24(32)31-9-7-18(8-10-31)34-23-26-20-15-19(25)21(27-22(20)28-23)16-3-5-17(6-4-16)30-11-13-33-14-12-30;22-17-13-18-20(26-21(24-18)29-16-5-7-23-8-6-16)25-19(17)14-1-3-15(4-2-14)27-9-11-28-12-10-27;1-5(2)3(4)6/h3-6,15,18H,7-14H2,1-2H3,(H,26,27,28);1-4,13,16,23H,5-12H2,(H,24,25,26);1-2H3. The van der Waals surface area contributed by atoms with Crippen LogP contribution in [0, 0.1) is 0 Å². The molecule has 8 heterocycles. The van der Waals surface area contributed by atoms with Gasteiger partial charge in [-0.15, -0.1) is 0 Å². The number of carbonyl (C=O) groups excluding carboxylic acids is 2. The second-order valence-electron chi connectivity index (χ2n) is 17.5. The molecular formula is C48H59Cl3N12O6. The molecule has 0 aliphatic carbocycles. The fraction of sp³-hybridized carbons (Fsp3) is 0.458. The van der Waals surface area contributed by atoms with Crippen molar-refractivity contribution in [3.63, 3.8) is 0 Å². The van der Waals surface area contributed by atoms with Gasteiger partial charge in [0.1, 0.15) is 12.2 Å². The molecule has 2 aromatic carbocycles. The monoisotopic (exact) mass is 1000 g/mol. The number of hydrogen-bond donors (Lipinski definition) is 3. The van der Waals surface area contributed by atoms with Crippen LogP contribution in [0.5, 0.6) is 12.0 Å². The van der Waals surface area contributed by atoms with Crippen LogP contribution in [0.1, 0.15) is 25.7 Å². The highest BCUT2D eigenvalue weighted by atomic mass is 35.5. The molecule has 0 saturated carbocycles. The maximum absolute atomic E-state index is 12.1. The van der Waals surface area contributed by atoms with Crippen molar-refractivity contribution >= 4 is 79.9 Å². The highest BCUT2D eigenvalue weighted by Gasteiger charge is 2.26. The number of anilines is 2. The van der Waals surface area contributed by atoms with Crippen LogP contribution < -0.4 is 24.6 Å². The van der Waals surface area contributed by atoms with Gasteiger partial charge in [-0.1, -0.05) is 47.5 Å². The second kappa shape index (κ2) is 23.3. The van der Waals surface area contributed by atoms with Crippen molar-refractivity contribution in [3.05, 3.63) is 70.7 Å². The lowest BCUT2D eigenvalue weighted by atomic mass is 10.1. The fourth-order valence-corrected chi connectivity index (χ4v) is 8.81. The highest BCUT2D eigenvalue weighted by molar-refractivity contribution is 6.62. The molecule has 18 nitrogen and oxygen atoms in total. The number of piperidine rings is 2. The molecule has 368 valence electrons. The van der Waals surface area contributed by atoms with Gasteiger partial charge in [-0.2, -0.15) is 9.97 Å². The van der Waals surface area contributed by atoms with E-state index >= 15 is 0 Å². The van der Waals surface area contributed by atoms with Crippen LogP contribution in [0.4, 0.5) is 21.0 Å². The second-order valence-corrected chi connectivity index (χ2v) is 18.6. The first-order valence-electron chi connectivity index (χ1n) is 23.2. The topological polar surface area (TPSA) is 182 Å². The van der Waals surface area contributed by atoms with Gasteiger partial charge in [0.2, 0.25) is 0 Å². The van der Waals surface area contributed by atoms with Crippen molar-refractivity contribution in [2.45, 2.75) is 37.9 Å². The number of H-pyrrole nitrogens is 2. The zero-order valence-electron chi connectivity index (χ0n) is 39.4. The van der Waals surface area contributed by atoms with Gasteiger partial charge < -0.3 is 58.7 Å². The molecule has 0 bridgehead atoms. The Balaban J connectivity index is 0.000000168. The molecule has 3 N–H and O–H groups in total. The molecule has 0 spiro atoms. The Labute approximate surface area is 416 Å². The van der Waals surface area contributed by atoms with Gasteiger partial charge in [0, 0.05) is 103 Å². The van der Waals surface area contributed by atoms with Crippen molar-refractivity contribution < 1.29 is 28.5 Å². The summed E-state index contributed by atoms with van der Waals surface area (Å²) < 4.78 is 22.9. The number of nitrogens with zero attached hydrogens (tertiary/aromatic N) is 9. The van der Waals surface area contributed by atoms with E-state index in [9.17, 15) is 9.59 Å². The molecule has 0 unspecified atom stereocenters. The Kier molecular flexibility index (Phi) is 16.8. The minimum absolute atomic E-state index is 0.00514. The maximum Gasteiger partial charge on any atom is 0.319 e. The first kappa shape index (κ1) is 49.8. The summed E-state index contributed by atoms with van der Waals surface area (Å²) in [6, 6.07) is 21.3. The van der Waals surface area contributed by atoms with Crippen LogP contribution in [0.3, 0.4) is 0 Å². The Bertz CT molecular complexity index is 2640. The van der Waals surface area contributed by atoms with Gasteiger partial charge in [-0.05, 0) is 73.9 Å². The number of halogens is 3. The van der Waals surface area contributed by atoms with E-state index in [1.54, 1.807) is 33.1 Å². The molecule has 4 aromatic heterocycles. The van der Waals surface area contributed by atoms with Gasteiger partial charge in [0.05, 0.1) is 58.9 Å². The summed E-state index contributed by atoms with van der Waals surface area (Å²) in [4.78, 5) is 56.2. The molecule has 4 fully saturated rings. The zero-order chi connectivity index (χ0) is 48.4. The number of rotatable bonds is 8. The van der Waals surface area contributed by atoms with Crippen LogP contribution in [0.2, 0.25) is 10.0 Å². The Morgan fingerprint density at radius 1 is 0.609 bits per heavy atom. The number of morpholine rings is 2. The number of benzene rings is 2. The van der Waals surface area contributed by atoms with Crippen molar-refractivity contribution in [3.8, 4) is 34.5 Å². The SMILES string of the molecule is CN(C)C(=O)Cl.CN(C)C(=O)N1CCC(Oc2nc3nc(-c4ccc(N5CCOCC5)cc4)c(Cl)cc3[nH]2)CC1.Clc1cc2[nH]c(OC3CCNCC3)nc2nc1-c1ccc(N2CCOCC2)cc1. The van der Waals surface area contributed by atoms with E-state index in [0.717, 1.165) is 125 Å². The number of carbonyl (C=O) groups is 2. The van der Waals surface area contributed by atoms with E-state index in [1.807, 2.05) is 29.2 Å². The Morgan fingerprint density at radius 3 is 1.41 bits per heavy atom. The van der Waals surface area contributed by atoms with Gasteiger partial charge in [0.15, 0.2) is 11.3 Å². The minimum Gasteiger partial charge on any atom is -0.461 e. The van der Waals surface area contributed by atoms with E-state index in [2.05, 4.69) is 71.5 Å². The molecule has 3 amide bonds. The molecule has 21 heteroatoms. The smallest absolute Gasteiger partial charge is 0.319 e. The van der Waals surface area contributed by atoms with Crippen molar-refractivity contribution in [2.75, 3.05) is 117 Å². The third-order valence-electron chi connectivity index (χ3n) is 12.1. The number of hydrogen-bond acceptors (Lipinski definition) is 13. The third kappa shape index (κ3) is 13.0. The number of urea groups is 1. The number of fused-ring (bicyclic) bond motifs is 2. The van der Waals surface area contributed by atoms with Crippen LogP contribution in [0.15, 0.2) is 60.7 Å². The highest BCUT2D eigenvalue weighted by Crippen LogP contribution is 2.33. The molecule has 4 aliphatic heterocycles. The predicted molar refractivity (Wildman–Crippen MR) is 270 cm³/mol. The largest absolute Gasteiger partial charge is 0.461 e. The number of aromatic nitrogens is 6. The van der Waals surface area contributed by atoms with Crippen LogP contribution in [-0.4, -0.2) is 175 Å². The summed E-state index contributed by atoms with van der Waals surface area (Å²) in [5.74, 6) is 0. The lowest BCUT2D eigenvalue weighted by Gasteiger charge is -2.33. The fourth-order valence-electron chi connectivity index (χ4n) is 8.29. The number of ether oxygens (including phenoxy) is 4. The van der Waals surface area contributed by atoms with Crippen molar-refractivity contribution in [1.82, 2.24) is 49.9 Å². The van der Waals surface area contributed by atoms with E-state index < -0.39 is 5.37 Å². The molecule has 6 aromatic rings. The first-order chi connectivity index (χ1) is 33.4. The summed E-state index contributed by atoms with van der Waals surface area (Å²) >= 11 is 18.0. The Hall–Kier alpha value is -5.63. The van der Waals surface area contributed by atoms with Crippen molar-refractivity contribution in [2.24, 2.45) is 0 Å². The minimum atomic E-state index is -0.435. The van der Waals surface area contributed by atoms with E-state index in [4.69, 9.17) is 63.7 Å². The number of pyridine rings is 2. The van der Waals surface area contributed by atoms with Crippen LogP contribution >= 0.6 is 34.8 Å². The Morgan fingerprint density at radius 2 is 1.01 bits per heavy atom. The molecule has 0 atom stereocenters. The number of nitrogens with one attached hydrogen (secondary N) is 3. The summed E-state index contributed by atoms with van der Waals surface area (Å²) in [5, 5.41) is 4.04. The average Bonchev–Trinajstić information content (AvgIpc) is 3.96. The average molecular weight is 1010 g/mol. The normalized spacial score (nSPS) is 16.9. The number of amides is 3. The lowest BCUT2D eigenvalue weighted by Crippen LogP contribution is -2.46. The summed E-state index contributed by atoms with van der Waals surface area (Å²) in [6.07, 6.45) is 3.64. The van der Waals surface area contributed by atoms with Crippen molar-refractivity contribution in [1.29, 1.82) is 0 Å². The molecule has 4 saturated heterocycles. The first-order valence-corrected chi connectivity index (χ1v) is 24.4. The summed E-state index contributed by atoms with van der Waals surface area (Å²) in [6.45, 7) is 9.93. The maximum atomic E-state index is 12.1. The van der Waals surface area contributed by atoms with Crippen LogP contribution in [0.25, 0.3) is 44.8 Å². The lowest BCUT2D eigenvalue weighted by molar-refractivity contribution is 0.0958. The van der Waals surface area contributed by atoms with E-state index in [1.165, 1.54) is 10.6 Å². The predicted octanol–water partition coefficient (Wildman–Crippen LogP) is 7.79. The van der Waals surface area contributed by atoms with Gasteiger partial charge in [-0.3, -0.25) is 4.79 Å². The molecular weight excluding hydrogens is 947 g/mol.